The van der Waals surface area contributed by atoms with Gasteiger partial charge in [-0.25, -0.2) is 4.79 Å². The molecule has 0 aromatic carbocycles. The molecule has 3 aliphatic heterocycles. The molecule has 0 radical (unpaired) electrons. The highest BCUT2D eigenvalue weighted by atomic mass is 16.5. The number of nitrogens with two attached hydrogens (primary N) is 1. The number of hydrogen-bond donors (Lipinski definition) is 3. The number of carbonyl (C=O) groups is 1. The van der Waals surface area contributed by atoms with Crippen LogP contribution in [0.2, 0.25) is 0 Å². The van der Waals surface area contributed by atoms with Crippen LogP contribution in [-0.4, -0.2) is 80.3 Å². The van der Waals surface area contributed by atoms with Crippen molar-refractivity contribution in [3.05, 3.63) is 12.3 Å². The van der Waals surface area contributed by atoms with E-state index in [9.17, 15) is 4.79 Å². The molecule has 3 unspecified atom stereocenters. The first kappa shape index (κ1) is 18.4. The van der Waals surface area contributed by atoms with E-state index in [1.54, 1.807) is 4.90 Å². The molecule has 4 N–H and O–H groups in total. The molecule has 2 saturated heterocycles. The van der Waals surface area contributed by atoms with Gasteiger partial charge in [0.2, 0.25) is 0 Å². The van der Waals surface area contributed by atoms with E-state index in [1.165, 1.54) is 7.11 Å². The summed E-state index contributed by atoms with van der Waals surface area (Å²) < 4.78 is 11.0. The second-order valence-corrected chi connectivity index (χ2v) is 6.99. The average molecular weight is 353 g/mol. The molecule has 1 amide bonds. The number of likely N-dealkylation sites (tertiary alicyclic amines) is 2. The lowest BCUT2D eigenvalue weighted by Gasteiger charge is -2.41. The van der Waals surface area contributed by atoms with Crippen LogP contribution in [-0.2, 0) is 9.47 Å². The van der Waals surface area contributed by atoms with Crippen molar-refractivity contribution >= 4 is 6.09 Å². The number of hydrogen-bond acceptors (Lipinski definition) is 7. The van der Waals surface area contributed by atoms with Gasteiger partial charge in [0.05, 0.1) is 25.9 Å². The highest BCUT2D eigenvalue weighted by molar-refractivity contribution is 5.68. The van der Waals surface area contributed by atoms with E-state index < -0.39 is 0 Å². The number of rotatable bonds is 4. The molecule has 0 bridgehead atoms. The van der Waals surface area contributed by atoms with Crippen molar-refractivity contribution in [2.24, 2.45) is 5.73 Å². The fourth-order valence-corrected chi connectivity index (χ4v) is 3.87. The zero-order valence-electron chi connectivity index (χ0n) is 15.0. The van der Waals surface area contributed by atoms with Crippen molar-refractivity contribution in [3.63, 3.8) is 0 Å². The fourth-order valence-electron chi connectivity index (χ4n) is 3.87. The number of nitrogens with zero attached hydrogens (tertiary/aromatic N) is 2. The molecular formula is C17H31N5O3. The van der Waals surface area contributed by atoms with E-state index in [0.29, 0.717) is 13.2 Å². The Balaban J connectivity index is 1.45. The van der Waals surface area contributed by atoms with Crippen LogP contribution < -0.4 is 16.4 Å². The minimum Gasteiger partial charge on any atom is -0.453 e. The predicted molar refractivity (Wildman–Crippen MR) is 94.7 cm³/mol. The largest absolute Gasteiger partial charge is 0.453 e. The normalized spacial score (nSPS) is 31.6. The molecule has 0 aliphatic carbocycles. The van der Waals surface area contributed by atoms with Crippen molar-refractivity contribution in [2.75, 3.05) is 39.9 Å². The molecule has 3 rings (SSSR count). The Kier molecular flexibility index (Phi) is 6.52. The summed E-state index contributed by atoms with van der Waals surface area (Å²) in [7, 11) is 1.42. The average Bonchev–Trinajstić information content (AvgIpc) is 2.67. The summed E-state index contributed by atoms with van der Waals surface area (Å²) in [5, 5.41) is 6.77. The maximum Gasteiger partial charge on any atom is 0.409 e. The minimum absolute atomic E-state index is 0.0460. The summed E-state index contributed by atoms with van der Waals surface area (Å²) in [5.74, 6) is 0. The summed E-state index contributed by atoms with van der Waals surface area (Å²) in [6.45, 7) is 4.06. The van der Waals surface area contributed by atoms with Crippen LogP contribution in [0.4, 0.5) is 4.79 Å². The standard InChI is InChI=1S/C17H31N5O3/c1-24-17(23)22-9-2-4-14(18)15(22)12-25-13-5-10-21(11-6-13)16-19-7-3-8-20-16/h3,7,13-16,19-20H,2,4-6,8-12,18H2,1H3. The van der Waals surface area contributed by atoms with Gasteiger partial charge < -0.3 is 25.4 Å². The van der Waals surface area contributed by atoms with E-state index >= 15 is 0 Å². The monoisotopic (exact) mass is 353 g/mol. The molecule has 25 heavy (non-hydrogen) atoms. The lowest BCUT2D eigenvalue weighted by molar-refractivity contribution is -0.0397. The van der Waals surface area contributed by atoms with Crippen molar-refractivity contribution in [3.8, 4) is 0 Å². The number of piperidine rings is 2. The second kappa shape index (κ2) is 8.84. The summed E-state index contributed by atoms with van der Waals surface area (Å²) in [6.07, 6.45) is 8.04. The van der Waals surface area contributed by atoms with Crippen LogP contribution in [0.25, 0.3) is 0 Å². The zero-order chi connectivity index (χ0) is 17.6. The topological polar surface area (TPSA) is 92.1 Å². The number of amides is 1. The second-order valence-electron chi connectivity index (χ2n) is 6.99. The molecule has 0 aromatic heterocycles. The number of nitrogens with one attached hydrogen (secondary N) is 2. The molecule has 0 saturated carbocycles. The Morgan fingerprint density at radius 2 is 2.08 bits per heavy atom. The maximum absolute atomic E-state index is 12.0. The van der Waals surface area contributed by atoms with Crippen LogP contribution in [0.5, 0.6) is 0 Å². The number of ether oxygens (including phenoxy) is 2. The van der Waals surface area contributed by atoms with Crippen LogP contribution >= 0.6 is 0 Å². The van der Waals surface area contributed by atoms with E-state index in [2.05, 4.69) is 21.6 Å². The van der Waals surface area contributed by atoms with Gasteiger partial charge in [-0.2, -0.15) is 0 Å². The fraction of sp³-hybridized carbons (Fsp3) is 0.824. The quantitative estimate of drug-likeness (QED) is 0.656. The molecule has 3 heterocycles. The van der Waals surface area contributed by atoms with Crippen molar-refractivity contribution in [2.45, 2.75) is 50.2 Å². The van der Waals surface area contributed by atoms with Gasteiger partial charge in [-0.1, -0.05) is 6.08 Å². The molecule has 0 aromatic rings. The predicted octanol–water partition coefficient (Wildman–Crippen LogP) is 0.0156. The van der Waals surface area contributed by atoms with E-state index in [-0.39, 0.29) is 30.6 Å². The van der Waals surface area contributed by atoms with E-state index in [1.807, 2.05) is 6.20 Å². The van der Waals surface area contributed by atoms with Gasteiger partial charge in [0.15, 0.2) is 0 Å². The summed E-state index contributed by atoms with van der Waals surface area (Å²) >= 11 is 0. The Bertz CT molecular complexity index is 467. The van der Waals surface area contributed by atoms with Crippen molar-refractivity contribution in [1.82, 2.24) is 20.4 Å². The number of carbonyl (C=O) groups excluding carboxylic acids is 1. The molecule has 8 heteroatoms. The Morgan fingerprint density at radius 1 is 1.28 bits per heavy atom. The molecule has 8 nitrogen and oxygen atoms in total. The van der Waals surface area contributed by atoms with Gasteiger partial charge in [0.25, 0.3) is 0 Å². The lowest BCUT2D eigenvalue weighted by atomic mass is 9.98. The lowest BCUT2D eigenvalue weighted by Crippen LogP contribution is -2.58. The minimum atomic E-state index is -0.305. The maximum atomic E-state index is 12.0. The first-order valence-electron chi connectivity index (χ1n) is 9.29. The Hall–Kier alpha value is -1.35. The summed E-state index contributed by atoms with van der Waals surface area (Å²) in [5.41, 5.74) is 6.24. The van der Waals surface area contributed by atoms with Gasteiger partial charge in [-0.15, -0.1) is 0 Å². The summed E-state index contributed by atoms with van der Waals surface area (Å²) in [6, 6.07) is -0.138. The third-order valence-corrected chi connectivity index (χ3v) is 5.39. The Labute approximate surface area is 149 Å². The summed E-state index contributed by atoms with van der Waals surface area (Å²) in [4.78, 5) is 16.1. The van der Waals surface area contributed by atoms with E-state index in [0.717, 1.165) is 45.3 Å². The Morgan fingerprint density at radius 3 is 2.76 bits per heavy atom. The third-order valence-electron chi connectivity index (χ3n) is 5.39. The molecule has 0 spiro atoms. The highest BCUT2D eigenvalue weighted by Gasteiger charge is 2.34. The number of methoxy groups -OCH3 is 1. The van der Waals surface area contributed by atoms with Gasteiger partial charge in [-0.3, -0.25) is 10.2 Å². The smallest absolute Gasteiger partial charge is 0.409 e. The highest BCUT2D eigenvalue weighted by Crippen LogP contribution is 2.21. The van der Waals surface area contributed by atoms with Crippen LogP contribution in [0, 0.1) is 0 Å². The van der Waals surface area contributed by atoms with Gasteiger partial charge >= 0.3 is 6.09 Å². The van der Waals surface area contributed by atoms with Crippen LogP contribution in [0.3, 0.4) is 0 Å². The molecule has 142 valence electrons. The van der Waals surface area contributed by atoms with Crippen LogP contribution in [0.1, 0.15) is 25.7 Å². The third kappa shape index (κ3) is 4.63. The SMILES string of the molecule is COC(=O)N1CCCC(N)C1COC1CCN(C2NC=CCN2)CC1. The zero-order valence-corrected chi connectivity index (χ0v) is 15.0. The van der Waals surface area contributed by atoms with Crippen LogP contribution in [0.15, 0.2) is 12.3 Å². The van der Waals surface area contributed by atoms with Gasteiger partial charge in [0.1, 0.15) is 6.29 Å². The van der Waals surface area contributed by atoms with Gasteiger partial charge in [0, 0.05) is 32.2 Å². The first-order chi connectivity index (χ1) is 12.2. The molecule has 2 fully saturated rings. The van der Waals surface area contributed by atoms with Gasteiger partial charge in [-0.05, 0) is 31.9 Å². The molecule has 3 atom stereocenters. The van der Waals surface area contributed by atoms with Crippen molar-refractivity contribution < 1.29 is 14.3 Å². The van der Waals surface area contributed by atoms with Crippen molar-refractivity contribution in [1.29, 1.82) is 0 Å². The van der Waals surface area contributed by atoms with E-state index in [4.69, 9.17) is 15.2 Å². The first-order valence-corrected chi connectivity index (χ1v) is 9.29. The molecule has 3 aliphatic rings. The molecular weight excluding hydrogens is 322 g/mol.